The Labute approximate surface area is 60.2 Å². The highest BCUT2D eigenvalue weighted by Gasteiger charge is 1.87. The summed E-state index contributed by atoms with van der Waals surface area (Å²) in [6.45, 7) is 4.95. The first-order valence-electron chi connectivity index (χ1n) is 3.48. The molecule has 1 aromatic rings. The van der Waals surface area contributed by atoms with Crippen LogP contribution in [-0.2, 0) is 6.54 Å². The second-order valence-electron chi connectivity index (χ2n) is 2.02. The molecule has 0 saturated heterocycles. The van der Waals surface area contributed by atoms with E-state index in [1.54, 1.807) is 6.20 Å². The van der Waals surface area contributed by atoms with Gasteiger partial charge in [0.1, 0.15) is 0 Å². The molecular weight excluding hydrogens is 128 g/mol. The molecule has 0 spiro atoms. The van der Waals surface area contributed by atoms with Crippen LogP contribution in [-0.4, -0.2) is 28.1 Å². The van der Waals surface area contributed by atoms with Gasteiger partial charge in [0.2, 0.25) is 0 Å². The Morgan fingerprint density at radius 3 is 3.10 bits per heavy atom. The smallest absolute Gasteiger partial charge is 0.0692 e. The lowest BCUT2D eigenvalue weighted by molar-refractivity contribution is 0.549. The van der Waals surface area contributed by atoms with Crippen molar-refractivity contribution in [1.29, 1.82) is 0 Å². The fourth-order valence-corrected chi connectivity index (χ4v) is 0.722. The number of hydrogen-bond acceptors (Lipinski definition) is 3. The third-order valence-electron chi connectivity index (χ3n) is 1.24. The molecule has 0 amide bonds. The van der Waals surface area contributed by atoms with Gasteiger partial charge in [0.15, 0.2) is 0 Å². The van der Waals surface area contributed by atoms with E-state index >= 15 is 0 Å². The topological polar surface area (TPSA) is 42.7 Å². The molecule has 0 saturated carbocycles. The molecule has 56 valence electrons. The lowest BCUT2D eigenvalue weighted by Crippen LogP contribution is -2.19. The summed E-state index contributed by atoms with van der Waals surface area (Å²) in [6.07, 6.45) is 3.54. The summed E-state index contributed by atoms with van der Waals surface area (Å²) in [6, 6.07) is 0. The van der Waals surface area contributed by atoms with Gasteiger partial charge >= 0.3 is 0 Å². The van der Waals surface area contributed by atoms with E-state index in [2.05, 4.69) is 22.6 Å². The molecule has 4 nitrogen and oxygen atoms in total. The highest BCUT2D eigenvalue weighted by Crippen LogP contribution is 1.77. The minimum Gasteiger partial charge on any atom is -0.315 e. The predicted octanol–water partition coefficient (Wildman–Crippen LogP) is -0.112. The third kappa shape index (κ3) is 2.14. The molecule has 1 N–H and O–H groups in total. The van der Waals surface area contributed by atoms with E-state index < -0.39 is 0 Å². The molecule has 0 aromatic carbocycles. The second kappa shape index (κ2) is 4.00. The van der Waals surface area contributed by atoms with E-state index in [0.29, 0.717) is 0 Å². The van der Waals surface area contributed by atoms with Gasteiger partial charge in [0.25, 0.3) is 0 Å². The van der Waals surface area contributed by atoms with E-state index in [0.717, 1.165) is 19.6 Å². The van der Waals surface area contributed by atoms with Crippen molar-refractivity contribution in [1.82, 2.24) is 20.3 Å². The molecule has 1 rings (SSSR count). The summed E-state index contributed by atoms with van der Waals surface area (Å²) in [4.78, 5) is 0. The van der Waals surface area contributed by atoms with Crippen molar-refractivity contribution in [3.63, 3.8) is 0 Å². The largest absolute Gasteiger partial charge is 0.315 e. The van der Waals surface area contributed by atoms with Crippen LogP contribution in [0.3, 0.4) is 0 Å². The first-order chi connectivity index (χ1) is 4.93. The summed E-state index contributed by atoms with van der Waals surface area (Å²) in [5.74, 6) is 0. The van der Waals surface area contributed by atoms with Gasteiger partial charge in [-0.05, 0) is 6.54 Å². The SMILES string of the molecule is CCNCCn1ccnn1. The van der Waals surface area contributed by atoms with Gasteiger partial charge in [-0.15, -0.1) is 5.10 Å². The summed E-state index contributed by atoms with van der Waals surface area (Å²) in [5, 5.41) is 10.7. The summed E-state index contributed by atoms with van der Waals surface area (Å²) in [7, 11) is 0. The summed E-state index contributed by atoms with van der Waals surface area (Å²) < 4.78 is 1.81. The Hall–Kier alpha value is -0.900. The van der Waals surface area contributed by atoms with E-state index in [1.807, 2.05) is 10.9 Å². The van der Waals surface area contributed by atoms with Crippen LogP contribution in [0.1, 0.15) is 6.92 Å². The van der Waals surface area contributed by atoms with Gasteiger partial charge in [-0.25, -0.2) is 0 Å². The fourth-order valence-electron chi connectivity index (χ4n) is 0.722. The van der Waals surface area contributed by atoms with Gasteiger partial charge in [0.05, 0.1) is 12.7 Å². The Kier molecular flexibility index (Phi) is 2.89. The molecule has 1 aromatic heterocycles. The van der Waals surface area contributed by atoms with Crippen LogP contribution >= 0.6 is 0 Å². The molecule has 0 atom stereocenters. The first-order valence-corrected chi connectivity index (χ1v) is 3.48. The Bertz CT molecular complexity index is 158. The lowest BCUT2D eigenvalue weighted by atomic mass is 10.6. The van der Waals surface area contributed by atoms with Crippen LogP contribution in [0, 0.1) is 0 Å². The maximum atomic E-state index is 3.81. The maximum Gasteiger partial charge on any atom is 0.0692 e. The van der Waals surface area contributed by atoms with Gasteiger partial charge in [-0.3, -0.25) is 4.68 Å². The Balaban J connectivity index is 2.15. The number of nitrogens with one attached hydrogen (secondary N) is 1. The summed E-state index contributed by atoms with van der Waals surface area (Å²) in [5.41, 5.74) is 0. The zero-order chi connectivity index (χ0) is 7.23. The van der Waals surface area contributed by atoms with E-state index in [1.165, 1.54) is 0 Å². The zero-order valence-corrected chi connectivity index (χ0v) is 6.12. The van der Waals surface area contributed by atoms with Crippen molar-refractivity contribution in [3.8, 4) is 0 Å². The molecule has 0 aliphatic carbocycles. The van der Waals surface area contributed by atoms with Gasteiger partial charge in [-0.1, -0.05) is 12.1 Å². The number of aromatic nitrogens is 3. The molecular formula is C6H12N4. The van der Waals surface area contributed by atoms with Gasteiger partial charge in [0, 0.05) is 12.7 Å². The molecule has 0 radical (unpaired) electrons. The standard InChI is InChI=1S/C6H12N4/c1-2-7-3-5-10-6-4-8-9-10/h4,6-7H,2-3,5H2,1H3. The second-order valence-corrected chi connectivity index (χ2v) is 2.02. The van der Waals surface area contributed by atoms with Crippen LogP contribution < -0.4 is 5.32 Å². The van der Waals surface area contributed by atoms with Gasteiger partial charge in [-0.2, -0.15) is 0 Å². The monoisotopic (exact) mass is 140 g/mol. The first kappa shape index (κ1) is 7.21. The van der Waals surface area contributed by atoms with Crippen LogP contribution in [0.5, 0.6) is 0 Å². The van der Waals surface area contributed by atoms with Crippen molar-refractivity contribution in [3.05, 3.63) is 12.4 Å². The van der Waals surface area contributed by atoms with Crippen molar-refractivity contribution in [2.75, 3.05) is 13.1 Å². The Morgan fingerprint density at radius 1 is 1.60 bits per heavy atom. The van der Waals surface area contributed by atoms with Crippen LogP contribution in [0.2, 0.25) is 0 Å². The molecule has 0 bridgehead atoms. The average molecular weight is 140 g/mol. The molecule has 0 aliphatic heterocycles. The van der Waals surface area contributed by atoms with Crippen molar-refractivity contribution in [2.45, 2.75) is 13.5 Å². The number of rotatable bonds is 4. The fraction of sp³-hybridized carbons (Fsp3) is 0.667. The molecule has 0 unspecified atom stereocenters. The quantitative estimate of drug-likeness (QED) is 0.593. The van der Waals surface area contributed by atoms with Crippen LogP contribution in [0.25, 0.3) is 0 Å². The van der Waals surface area contributed by atoms with E-state index in [4.69, 9.17) is 0 Å². The molecule has 0 fully saturated rings. The van der Waals surface area contributed by atoms with Crippen molar-refractivity contribution in [2.24, 2.45) is 0 Å². The normalized spacial score (nSPS) is 10.1. The minimum atomic E-state index is 0.897. The lowest BCUT2D eigenvalue weighted by Gasteiger charge is -1.99. The highest BCUT2D eigenvalue weighted by atomic mass is 15.4. The molecule has 10 heavy (non-hydrogen) atoms. The highest BCUT2D eigenvalue weighted by molar-refractivity contribution is 4.63. The molecule has 1 heterocycles. The van der Waals surface area contributed by atoms with E-state index in [9.17, 15) is 0 Å². The molecule has 0 aliphatic rings. The Morgan fingerprint density at radius 2 is 2.50 bits per heavy atom. The predicted molar refractivity (Wildman–Crippen MR) is 38.6 cm³/mol. The van der Waals surface area contributed by atoms with E-state index in [-0.39, 0.29) is 0 Å². The van der Waals surface area contributed by atoms with Crippen LogP contribution in [0.4, 0.5) is 0 Å². The molecule has 4 heteroatoms. The number of nitrogens with zero attached hydrogens (tertiary/aromatic N) is 3. The van der Waals surface area contributed by atoms with Crippen molar-refractivity contribution >= 4 is 0 Å². The minimum absolute atomic E-state index is 0.897. The number of hydrogen-bond donors (Lipinski definition) is 1. The average Bonchev–Trinajstić information content (AvgIpc) is 2.41. The van der Waals surface area contributed by atoms with Crippen molar-refractivity contribution < 1.29 is 0 Å². The zero-order valence-electron chi connectivity index (χ0n) is 6.12. The van der Waals surface area contributed by atoms with Crippen LogP contribution in [0.15, 0.2) is 12.4 Å². The number of likely N-dealkylation sites (N-methyl/N-ethyl adjacent to an activating group) is 1. The third-order valence-corrected chi connectivity index (χ3v) is 1.24. The maximum absolute atomic E-state index is 3.81. The summed E-state index contributed by atoms with van der Waals surface area (Å²) >= 11 is 0. The van der Waals surface area contributed by atoms with Gasteiger partial charge < -0.3 is 5.32 Å².